The molecule has 2 aliphatic heterocycles. The van der Waals surface area contributed by atoms with Crippen molar-refractivity contribution in [1.29, 1.82) is 0 Å². The number of nitrogens with zero attached hydrogens (tertiary/aromatic N) is 3. The Morgan fingerprint density at radius 2 is 1.88 bits per heavy atom. The van der Waals surface area contributed by atoms with Crippen molar-refractivity contribution in [3.05, 3.63) is 57.2 Å². The van der Waals surface area contributed by atoms with Gasteiger partial charge in [0, 0.05) is 30.4 Å². The van der Waals surface area contributed by atoms with E-state index >= 15 is 0 Å². The molecule has 0 radical (unpaired) electrons. The van der Waals surface area contributed by atoms with Crippen LogP contribution in [0.25, 0.3) is 0 Å². The lowest BCUT2D eigenvalue weighted by atomic mass is 9.92. The summed E-state index contributed by atoms with van der Waals surface area (Å²) in [5.74, 6) is 0.309. The summed E-state index contributed by atoms with van der Waals surface area (Å²) in [5.41, 5.74) is 3.12. The molecule has 1 unspecified atom stereocenters. The molecule has 0 fully saturated rings. The lowest BCUT2D eigenvalue weighted by molar-refractivity contribution is -0.127. The molecule has 0 spiro atoms. The Labute approximate surface area is 199 Å². The van der Waals surface area contributed by atoms with E-state index in [1.165, 1.54) is 11.8 Å². The van der Waals surface area contributed by atoms with E-state index in [0.717, 1.165) is 16.4 Å². The molecule has 0 aromatic heterocycles. The summed E-state index contributed by atoms with van der Waals surface area (Å²) in [7, 11) is 0. The maximum Gasteiger partial charge on any atom is 0.254 e. The fraction of sp³-hybridized carbons (Fsp3) is 0.458. The van der Waals surface area contributed by atoms with Crippen molar-refractivity contribution in [2.75, 3.05) is 19.6 Å². The van der Waals surface area contributed by atoms with Crippen LogP contribution in [0, 0.1) is 5.92 Å². The first-order valence-corrected chi connectivity index (χ1v) is 12.3. The van der Waals surface area contributed by atoms with Crippen molar-refractivity contribution in [3.8, 4) is 0 Å². The summed E-state index contributed by atoms with van der Waals surface area (Å²) in [4.78, 5) is 34.8. The van der Waals surface area contributed by atoms with Crippen LogP contribution in [0.1, 0.15) is 52.6 Å². The van der Waals surface area contributed by atoms with Crippen molar-refractivity contribution in [3.63, 3.8) is 0 Å². The summed E-state index contributed by atoms with van der Waals surface area (Å²) < 4.78 is 0. The van der Waals surface area contributed by atoms with Crippen molar-refractivity contribution >= 4 is 40.3 Å². The number of amides is 2. The van der Waals surface area contributed by atoms with Crippen LogP contribution in [0.2, 0.25) is 5.02 Å². The van der Waals surface area contributed by atoms with Crippen LogP contribution in [-0.4, -0.2) is 46.4 Å². The number of carbonyl (C=O) groups is 2. The number of benzene rings is 1. The van der Waals surface area contributed by atoms with Gasteiger partial charge >= 0.3 is 0 Å². The second-order valence-corrected chi connectivity index (χ2v) is 9.57. The maximum atomic E-state index is 13.6. The van der Waals surface area contributed by atoms with Crippen LogP contribution in [0.15, 0.2) is 51.6 Å². The van der Waals surface area contributed by atoms with Gasteiger partial charge in [-0.2, -0.15) is 0 Å². The molecule has 1 aromatic rings. The summed E-state index contributed by atoms with van der Waals surface area (Å²) in [6.45, 7) is 11.8. The number of aliphatic imine (C=N–C) groups is 1. The average Bonchev–Trinajstić information content (AvgIpc) is 3.14. The summed E-state index contributed by atoms with van der Waals surface area (Å²) in [6, 6.07) is 7.18. The molecule has 3 rings (SSSR count). The summed E-state index contributed by atoms with van der Waals surface area (Å²) in [5, 5.41) is 6.37. The molecule has 0 saturated carbocycles. The van der Waals surface area contributed by atoms with Crippen molar-refractivity contribution in [1.82, 2.24) is 15.1 Å². The number of thioether (sulfide) groups is 1. The van der Waals surface area contributed by atoms with Crippen LogP contribution < -0.4 is 5.32 Å². The Hall–Kier alpha value is -2.25. The van der Waals surface area contributed by atoms with Gasteiger partial charge in [-0.15, -0.1) is 0 Å². The van der Waals surface area contributed by atoms with Gasteiger partial charge in [0.1, 0.15) is 0 Å². The zero-order valence-electron chi connectivity index (χ0n) is 19.3. The number of likely N-dealkylation sites (N-methyl/N-ethyl adjacent to an activating group) is 1. The van der Waals surface area contributed by atoms with Gasteiger partial charge in [-0.3, -0.25) is 9.59 Å². The van der Waals surface area contributed by atoms with Crippen molar-refractivity contribution in [2.24, 2.45) is 10.9 Å². The van der Waals surface area contributed by atoms with E-state index in [1.807, 2.05) is 60.2 Å². The molecular weight excluding hydrogens is 444 g/mol. The molecule has 8 heteroatoms. The molecule has 0 aliphatic carbocycles. The maximum absolute atomic E-state index is 13.6. The number of nitrogens with one attached hydrogen (secondary N) is 1. The fourth-order valence-corrected chi connectivity index (χ4v) is 4.92. The van der Waals surface area contributed by atoms with E-state index in [0.29, 0.717) is 41.8 Å². The van der Waals surface area contributed by atoms with Gasteiger partial charge in [0.05, 0.1) is 23.7 Å². The molecule has 2 amide bonds. The SMILES string of the molecule is CCN(CC)C(=O)C1=C(C)N=C2SC=C(CC(=O)NCC(C)C)N2C1c1ccc(Cl)cc1. The van der Waals surface area contributed by atoms with Gasteiger partial charge in [-0.1, -0.05) is 49.3 Å². The van der Waals surface area contributed by atoms with Gasteiger partial charge in [-0.25, -0.2) is 4.99 Å². The van der Waals surface area contributed by atoms with Gasteiger partial charge in [-0.05, 0) is 49.8 Å². The highest BCUT2D eigenvalue weighted by Crippen LogP contribution is 2.45. The summed E-state index contributed by atoms with van der Waals surface area (Å²) in [6.07, 6.45) is 0.231. The number of allylic oxidation sites excluding steroid dienone is 1. The second-order valence-electron chi connectivity index (χ2n) is 8.30. The average molecular weight is 475 g/mol. The van der Waals surface area contributed by atoms with Crippen LogP contribution >= 0.6 is 23.4 Å². The van der Waals surface area contributed by atoms with E-state index in [2.05, 4.69) is 19.2 Å². The Kier molecular flexibility index (Phi) is 8.06. The number of rotatable bonds is 8. The molecular formula is C24H31ClN4O2S. The van der Waals surface area contributed by atoms with E-state index in [4.69, 9.17) is 16.6 Å². The number of amidine groups is 1. The van der Waals surface area contributed by atoms with E-state index in [1.54, 1.807) is 0 Å². The molecule has 0 bridgehead atoms. The van der Waals surface area contributed by atoms with Gasteiger partial charge in [0.15, 0.2) is 5.17 Å². The van der Waals surface area contributed by atoms with Crippen LogP contribution in [0.4, 0.5) is 0 Å². The third-order valence-electron chi connectivity index (χ3n) is 5.52. The quantitative estimate of drug-likeness (QED) is 0.579. The van der Waals surface area contributed by atoms with Gasteiger partial charge in [0.2, 0.25) is 5.91 Å². The minimum absolute atomic E-state index is 0.0317. The number of fused-ring (bicyclic) bond motifs is 1. The Balaban J connectivity index is 2.01. The third kappa shape index (κ3) is 5.21. The van der Waals surface area contributed by atoms with E-state index in [9.17, 15) is 9.59 Å². The zero-order valence-corrected chi connectivity index (χ0v) is 20.9. The highest BCUT2D eigenvalue weighted by molar-refractivity contribution is 8.16. The molecule has 1 atom stereocenters. The van der Waals surface area contributed by atoms with Gasteiger partial charge in [0.25, 0.3) is 5.91 Å². The molecule has 0 saturated heterocycles. The monoisotopic (exact) mass is 474 g/mol. The number of hydrogen-bond acceptors (Lipinski definition) is 5. The topological polar surface area (TPSA) is 65.0 Å². The van der Waals surface area contributed by atoms with Crippen LogP contribution in [-0.2, 0) is 9.59 Å². The van der Waals surface area contributed by atoms with Crippen LogP contribution in [0.3, 0.4) is 0 Å². The first-order chi connectivity index (χ1) is 15.3. The molecule has 32 heavy (non-hydrogen) atoms. The summed E-state index contributed by atoms with van der Waals surface area (Å²) >= 11 is 7.64. The smallest absolute Gasteiger partial charge is 0.254 e. The van der Waals surface area contributed by atoms with Gasteiger partial charge < -0.3 is 15.1 Å². The van der Waals surface area contributed by atoms with E-state index in [-0.39, 0.29) is 24.3 Å². The fourth-order valence-electron chi connectivity index (χ4n) is 3.83. The Bertz CT molecular complexity index is 965. The lowest BCUT2D eigenvalue weighted by Crippen LogP contribution is -2.42. The Morgan fingerprint density at radius 3 is 2.47 bits per heavy atom. The van der Waals surface area contributed by atoms with Crippen LogP contribution in [0.5, 0.6) is 0 Å². The molecule has 6 nitrogen and oxygen atoms in total. The van der Waals surface area contributed by atoms with Crippen molar-refractivity contribution < 1.29 is 9.59 Å². The third-order valence-corrected chi connectivity index (χ3v) is 6.66. The highest BCUT2D eigenvalue weighted by Gasteiger charge is 2.41. The molecule has 1 N–H and O–H groups in total. The minimum atomic E-state index is -0.369. The predicted molar refractivity (Wildman–Crippen MR) is 132 cm³/mol. The van der Waals surface area contributed by atoms with Crippen molar-refractivity contribution in [2.45, 2.75) is 47.1 Å². The zero-order chi connectivity index (χ0) is 23.4. The molecule has 2 heterocycles. The standard InChI is InChI=1S/C24H31ClN4O2S/c1-6-28(7-2)23(31)21-16(5)27-24-29(22(21)17-8-10-18(25)11-9-17)19(14-32-24)12-20(30)26-13-15(3)4/h8-11,14-15,22H,6-7,12-13H2,1-5H3,(H,26,30). The largest absolute Gasteiger partial charge is 0.356 e. The second kappa shape index (κ2) is 10.6. The number of hydrogen-bond donors (Lipinski definition) is 1. The number of halogens is 1. The minimum Gasteiger partial charge on any atom is -0.356 e. The molecule has 1 aromatic carbocycles. The molecule has 172 valence electrons. The first kappa shape index (κ1) is 24.4. The lowest BCUT2D eigenvalue weighted by Gasteiger charge is -2.38. The Morgan fingerprint density at radius 1 is 1.22 bits per heavy atom. The predicted octanol–water partition coefficient (Wildman–Crippen LogP) is 4.95. The normalized spacial score (nSPS) is 17.8. The molecule has 2 aliphatic rings. The highest BCUT2D eigenvalue weighted by atomic mass is 35.5. The van der Waals surface area contributed by atoms with E-state index < -0.39 is 0 Å². The number of carbonyl (C=O) groups excluding carboxylic acids is 2. The first-order valence-electron chi connectivity index (χ1n) is 11.0.